The number of aromatic amines is 1. The van der Waals surface area contributed by atoms with E-state index in [1.165, 1.54) is 0 Å². The molecule has 1 saturated heterocycles. The molecule has 0 spiro atoms. The van der Waals surface area contributed by atoms with Crippen molar-refractivity contribution in [2.45, 2.75) is 25.1 Å². The highest BCUT2D eigenvalue weighted by atomic mass is 16.3. The first kappa shape index (κ1) is 11.0. The number of anilines is 1. The van der Waals surface area contributed by atoms with Gasteiger partial charge in [0.25, 0.3) is 0 Å². The van der Waals surface area contributed by atoms with Gasteiger partial charge < -0.3 is 15.7 Å². The van der Waals surface area contributed by atoms with E-state index in [2.05, 4.69) is 20.8 Å². The number of benzene rings is 1. The average molecular weight is 246 g/mol. The first-order valence-corrected chi connectivity index (χ1v) is 5.92. The zero-order chi connectivity index (χ0) is 12.5. The molecule has 1 aromatic carbocycles. The summed E-state index contributed by atoms with van der Waals surface area (Å²) in [7, 11) is 0. The molecule has 2 aromatic rings. The van der Waals surface area contributed by atoms with Crippen LogP contribution in [0.25, 0.3) is 10.9 Å². The Hall–Kier alpha value is -2.08. The molecule has 0 saturated carbocycles. The van der Waals surface area contributed by atoms with Crippen LogP contribution < -0.4 is 10.6 Å². The molecule has 6 heteroatoms. The maximum Gasteiger partial charge on any atom is 0.244 e. The molecule has 1 amide bonds. The van der Waals surface area contributed by atoms with Crippen molar-refractivity contribution in [3.63, 3.8) is 0 Å². The quantitative estimate of drug-likeness (QED) is 0.623. The molecule has 2 unspecified atom stereocenters. The third-order valence-corrected chi connectivity index (χ3v) is 3.14. The van der Waals surface area contributed by atoms with Crippen molar-refractivity contribution in [1.82, 2.24) is 15.5 Å². The summed E-state index contributed by atoms with van der Waals surface area (Å²) in [6.45, 7) is 0. The lowest BCUT2D eigenvalue weighted by atomic mass is 10.1. The second kappa shape index (κ2) is 4.30. The average Bonchev–Trinajstić information content (AvgIpc) is 2.76. The fourth-order valence-corrected chi connectivity index (χ4v) is 2.17. The number of H-pyrrole nitrogens is 1. The number of aromatic nitrogens is 2. The molecule has 0 bridgehead atoms. The van der Waals surface area contributed by atoms with Crippen molar-refractivity contribution in [3.8, 4) is 0 Å². The lowest BCUT2D eigenvalue weighted by molar-refractivity contribution is -0.127. The van der Waals surface area contributed by atoms with Gasteiger partial charge in [-0.25, -0.2) is 0 Å². The number of aliphatic hydroxyl groups is 1. The molecule has 3 rings (SSSR count). The van der Waals surface area contributed by atoms with Crippen molar-refractivity contribution in [1.29, 1.82) is 0 Å². The van der Waals surface area contributed by atoms with Crippen molar-refractivity contribution in [3.05, 3.63) is 24.3 Å². The summed E-state index contributed by atoms with van der Waals surface area (Å²) in [5, 5.41) is 23.0. The van der Waals surface area contributed by atoms with E-state index in [9.17, 15) is 9.90 Å². The molecule has 0 radical (unpaired) electrons. The molecular formula is C12H14N4O2. The van der Waals surface area contributed by atoms with Crippen molar-refractivity contribution in [2.24, 2.45) is 0 Å². The molecule has 6 nitrogen and oxygen atoms in total. The lowest BCUT2D eigenvalue weighted by Crippen LogP contribution is -2.49. The van der Waals surface area contributed by atoms with E-state index in [-0.39, 0.29) is 11.9 Å². The Morgan fingerprint density at radius 1 is 1.33 bits per heavy atom. The number of rotatable bonds is 2. The standard InChI is InChI=1S/C12H14N4O2/c17-10-6-5-9(12(18)14-10)13-11-7-3-1-2-4-8(7)15-16-11/h1-4,9-10,17H,5-6H2,(H,14,18)(H2,13,15,16). The van der Waals surface area contributed by atoms with Gasteiger partial charge in [0.2, 0.25) is 5.91 Å². The summed E-state index contributed by atoms with van der Waals surface area (Å²) in [6.07, 6.45) is 0.409. The van der Waals surface area contributed by atoms with Gasteiger partial charge >= 0.3 is 0 Å². The maximum absolute atomic E-state index is 11.7. The Labute approximate surface area is 103 Å². The first-order chi connectivity index (χ1) is 8.74. The van der Waals surface area contributed by atoms with E-state index in [1.807, 2.05) is 24.3 Å². The van der Waals surface area contributed by atoms with E-state index >= 15 is 0 Å². The van der Waals surface area contributed by atoms with Gasteiger partial charge in [-0.2, -0.15) is 5.10 Å². The second-order valence-electron chi connectivity index (χ2n) is 4.42. The van der Waals surface area contributed by atoms with Crippen molar-refractivity contribution >= 4 is 22.6 Å². The van der Waals surface area contributed by atoms with Crippen LogP contribution in [0.5, 0.6) is 0 Å². The molecule has 2 atom stereocenters. The first-order valence-electron chi connectivity index (χ1n) is 5.92. The van der Waals surface area contributed by atoms with Crippen LogP contribution >= 0.6 is 0 Å². The molecular weight excluding hydrogens is 232 g/mol. The number of nitrogens with zero attached hydrogens (tertiary/aromatic N) is 1. The number of nitrogens with one attached hydrogen (secondary N) is 3. The Kier molecular flexibility index (Phi) is 2.64. The monoisotopic (exact) mass is 246 g/mol. The van der Waals surface area contributed by atoms with Crippen LogP contribution in [0, 0.1) is 0 Å². The van der Waals surface area contributed by atoms with Gasteiger partial charge in [0.1, 0.15) is 12.3 Å². The Bertz CT molecular complexity index is 580. The third kappa shape index (κ3) is 1.91. The molecule has 4 N–H and O–H groups in total. The van der Waals surface area contributed by atoms with E-state index in [0.29, 0.717) is 18.7 Å². The molecule has 1 aromatic heterocycles. The normalized spacial score (nSPS) is 23.9. The molecule has 1 aliphatic rings. The predicted octanol–water partition coefficient (Wildman–Crippen LogP) is 0.572. The highest BCUT2D eigenvalue weighted by Crippen LogP contribution is 2.22. The zero-order valence-corrected chi connectivity index (χ0v) is 9.68. The van der Waals surface area contributed by atoms with E-state index in [4.69, 9.17) is 0 Å². The zero-order valence-electron chi connectivity index (χ0n) is 9.68. The third-order valence-electron chi connectivity index (χ3n) is 3.14. The SMILES string of the molecule is O=C1NC(O)CCC1Nc1n[nH]c2ccccc12. The summed E-state index contributed by atoms with van der Waals surface area (Å²) >= 11 is 0. The number of carbonyl (C=O) groups is 1. The minimum Gasteiger partial charge on any atom is -0.374 e. The van der Waals surface area contributed by atoms with Crippen LogP contribution in [0.4, 0.5) is 5.82 Å². The number of amides is 1. The number of fused-ring (bicyclic) bond motifs is 1. The van der Waals surface area contributed by atoms with Crippen LogP contribution in [0.2, 0.25) is 0 Å². The van der Waals surface area contributed by atoms with Gasteiger partial charge in [0, 0.05) is 5.39 Å². The number of aliphatic hydroxyl groups excluding tert-OH is 1. The topological polar surface area (TPSA) is 90.0 Å². The molecule has 94 valence electrons. The van der Waals surface area contributed by atoms with Crippen molar-refractivity contribution in [2.75, 3.05) is 5.32 Å². The van der Waals surface area contributed by atoms with Crippen LogP contribution in [-0.2, 0) is 4.79 Å². The van der Waals surface area contributed by atoms with Gasteiger partial charge in [-0.3, -0.25) is 9.89 Å². The van der Waals surface area contributed by atoms with Crippen LogP contribution in [-0.4, -0.2) is 33.5 Å². The fourth-order valence-electron chi connectivity index (χ4n) is 2.17. The summed E-state index contributed by atoms with van der Waals surface area (Å²) in [5.74, 6) is 0.475. The maximum atomic E-state index is 11.7. The number of hydrogen-bond donors (Lipinski definition) is 4. The summed E-state index contributed by atoms with van der Waals surface area (Å²) in [4.78, 5) is 11.7. The highest BCUT2D eigenvalue weighted by molar-refractivity contribution is 5.92. The molecule has 2 heterocycles. The van der Waals surface area contributed by atoms with E-state index in [0.717, 1.165) is 10.9 Å². The van der Waals surface area contributed by atoms with E-state index in [1.54, 1.807) is 0 Å². The molecule has 18 heavy (non-hydrogen) atoms. The van der Waals surface area contributed by atoms with Gasteiger partial charge in [0.05, 0.1) is 5.52 Å². The lowest BCUT2D eigenvalue weighted by Gasteiger charge is -2.26. The largest absolute Gasteiger partial charge is 0.374 e. The smallest absolute Gasteiger partial charge is 0.244 e. The molecule has 1 fully saturated rings. The molecule has 0 aliphatic carbocycles. The predicted molar refractivity (Wildman–Crippen MR) is 66.9 cm³/mol. The van der Waals surface area contributed by atoms with Gasteiger partial charge in [-0.15, -0.1) is 0 Å². The number of piperidine rings is 1. The summed E-state index contributed by atoms with van der Waals surface area (Å²) in [5.41, 5.74) is 0.927. The van der Waals surface area contributed by atoms with E-state index < -0.39 is 6.23 Å². The number of hydrogen-bond acceptors (Lipinski definition) is 4. The summed E-state index contributed by atoms with van der Waals surface area (Å²) < 4.78 is 0. The minimum atomic E-state index is -0.730. The Balaban J connectivity index is 1.82. The second-order valence-corrected chi connectivity index (χ2v) is 4.42. The van der Waals surface area contributed by atoms with Crippen LogP contribution in [0.1, 0.15) is 12.8 Å². The Morgan fingerprint density at radius 2 is 2.17 bits per heavy atom. The van der Waals surface area contributed by atoms with Crippen LogP contribution in [0.15, 0.2) is 24.3 Å². The minimum absolute atomic E-state index is 0.194. The van der Waals surface area contributed by atoms with Gasteiger partial charge in [0.15, 0.2) is 5.82 Å². The Morgan fingerprint density at radius 3 is 3.00 bits per heavy atom. The number of para-hydroxylation sites is 1. The van der Waals surface area contributed by atoms with Gasteiger partial charge in [-0.1, -0.05) is 12.1 Å². The fraction of sp³-hybridized carbons (Fsp3) is 0.333. The molecule has 1 aliphatic heterocycles. The highest BCUT2D eigenvalue weighted by Gasteiger charge is 2.27. The summed E-state index contributed by atoms with van der Waals surface area (Å²) in [6, 6.07) is 7.37. The van der Waals surface area contributed by atoms with Crippen molar-refractivity contribution < 1.29 is 9.90 Å². The van der Waals surface area contributed by atoms with Gasteiger partial charge in [-0.05, 0) is 25.0 Å². The van der Waals surface area contributed by atoms with Crippen LogP contribution in [0.3, 0.4) is 0 Å². The number of carbonyl (C=O) groups excluding carboxylic acids is 1.